The van der Waals surface area contributed by atoms with Crippen LogP contribution in [0.4, 0.5) is 5.69 Å². The minimum Gasteiger partial charge on any atom is -0.370 e. The molecule has 9 heteroatoms. The number of rotatable bonds is 2. The lowest BCUT2D eigenvalue weighted by Gasteiger charge is -2.11. The van der Waals surface area contributed by atoms with Crippen LogP contribution in [0.5, 0.6) is 0 Å². The number of anilines is 1. The van der Waals surface area contributed by atoms with Gasteiger partial charge in [-0.25, -0.2) is 9.97 Å². The number of pyridine rings is 3. The van der Waals surface area contributed by atoms with Gasteiger partial charge in [-0.05, 0) is 30.3 Å². The van der Waals surface area contributed by atoms with Gasteiger partial charge in [-0.3, -0.25) is 19.2 Å². The van der Waals surface area contributed by atoms with Crippen molar-refractivity contribution >= 4 is 50.8 Å². The SMILES string of the molecule is N=C(N)Nc1ccc2nc3c4ccccc4c(=O)n(-c4ccc(Cl)nc4)c3n2c1. The maximum absolute atomic E-state index is 13.4. The van der Waals surface area contributed by atoms with E-state index in [1.54, 1.807) is 51.7 Å². The van der Waals surface area contributed by atoms with E-state index in [1.807, 2.05) is 18.2 Å². The maximum atomic E-state index is 13.4. The lowest BCUT2D eigenvalue weighted by Crippen LogP contribution is -2.21. The van der Waals surface area contributed by atoms with Crippen LogP contribution in [-0.2, 0) is 0 Å². The van der Waals surface area contributed by atoms with E-state index in [9.17, 15) is 4.79 Å². The molecule has 0 atom stereocenters. The molecule has 0 saturated carbocycles. The highest BCUT2D eigenvalue weighted by molar-refractivity contribution is 6.29. The summed E-state index contributed by atoms with van der Waals surface area (Å²) in [4.78, 5) is 22.3. The van der Waals surface area contributed by atoms with Crippen LogP contribution in [0.1, 0.15) is 0 Å². The molecule has 8 nitrogen and oxygen atoms in total. The first-order valence-electron chi connectivity index (χ1n) is 8.71. The summed E-state index contributed by atoms with van der Waals surface area (Å²) in [5, 5.41) is 11.9. The highest BCUT2D eigenvalue weighted by Gasteiger charge is 2.18. The largest absolute Gasteiger partial charge is 0.370 e. The van der Waals surface area contributed by atoms with Gasteiger partial charge < -0.3 is 11.1 Å². The van der Waals surface area contributed by atoms with Crippen LogP contribution in [0, 0.1) is 5.41 Å². The van der Waals surface area contributed by atoms with E-state index in [0.717, 1.165) is 5.39 Å². The van der Waals surface area contributed by atoms with Gasteiger partial charge in [0.1, 0.15) is 16.3 Å². The van der Waals surface area contributed by atoms with Gasteiger partial charge in [0.2, 0.25) is 0 Å². The summed E-state index contributed by atoms with van der Waals surface area (Å²) < 4.78 is 3.36. The average molecular weight is 404 g/mol. The Hall–Kier alpha value is -3.91. The highest BCUT2D eigenvalue weighted by atomic mass is 35.5. The summed E-state index contributed by atoms with van der Waals surface area (Å²) >= 11 is 5.94. The fraction of sp³-hybridized carbons (Fsp3) is 0. The normalized spacial score (nSPS) is 11.3. The molecule has 0 unspecified atom stereocenters. The van der Waals surface area contributed by atoms with Crippen LogP contribution in [0.25, 0.3) is 33.3 Å². The van der Waals surface area contributed by atoms with Crippen molar-refractivity contribution in [1.82, 2.24) is 18.9 Å². The Morgan fingerprint density at radius 2 is 1.90 bits per heavy atom. The van der Waals surface area contributed by atoms with Crippen LogP contribution < -0.4 is 16.6 Å². The number of benzene rings is 1. The van der Waals surface area contributed by atoms with Crippen molar-refractivity contribution in [3.8, 4) is 5.69 Å². The van der Waals surface area contributed by atoms with Crippen LogP contribution in [-0.4, -0.2) is 24.9 Å². The van der Waals surface area contributed by atoms with Crippen LogP contribution in [0.2, 0.25) is 5.15 Å². The van der Waals surface area contributed by atoms with Crippen LogP contribution in [0.3, 0.4) is 0 Å². The van der Waals surface area contributed by atoms with E-state index in [-0.39, 0.29) is 11.5 Å². The summed E-state index contributed by atoms with van der Waals surface area (Å²) in [6.45, 7) is 0. The molecule has 0 aliphatic heterocycles. The molecule has 0 fully saturated rings. The molecule has 0 bridgehead atoms. The van der Waals surface area contributed by atoms with Crippen molar-refractivity contribution in [1.29, 1.82) is 5.41 Å². The Kier molecular flexibility index (Phi) is 3.75. The van der Waals surface area contributed by atoms with Crippen molar-refractivity contribution in [2.24, 2.45) is 5.73 Å². The molecule has 4 aromatic heterocycles. The predicted octanol–water partition coefficient (Wildman–Crippen LogP) is 3.15. The molecule has 0 radical (unpaired) electrons. The molecule has 29 heavy (non-hydrogen) atoms. The molecule has 0 aliphatic carbocycles. The van der Waals surface area contributed by atoms with Crippen molar-refractivity contribution in [3.63, 3.8) is 0 Å². The van der Waals surface area contributed by atoms with Gasteiger partial charge in [-0.2, -0.15) is 0 Å². The number of guanidine groups is 1. The smallest absolute Gasteiger partial charge is 0.264 e. The molecule has 5 aromatic rings. The minimum atomic E-state index is -0.191. The van der Waals surface area contributed by atoms with E-state index in [0.29, 0.717) is 38.7 Å². The first kappa shape index (κ1) is 17.2. The summed E-state index contributed by atoms with van der Waals surface area (Å²) in [7, 11) is 0. The van der Waals surface area contributed by atoms with E-state index >= 15 is 0 Å². The molecule has 0 saturated heterocycles. The monoisotopic (exact) mass is 403 g/mol. The zero-order valence-electron chi connectivity index (χ0n) is 14.9. The van der Waals surface area contributed by atoms with Crippen molar-refractivity contribution in [2.75, 3.05) is 5.32 Å². The van der Waals surface area contributed by atoms with Gasteiger partial charge in [0, 0.05) is 17.0 Å². The molecule has 4 N–H and O–H groups in total. The lowest BCUT2D eigenvalue weighted by molar-refractivity contribution is 1.00. The number of nitrogens with two attached hydrogens (primary N) is 1. The topological polar surface area (TPSA) is 114 Å². The second kappa shape index (κ2) is 6.32. The fourth-order valence-electron chi connectivity index (χ4n) is 3.49. The molecule has 1 aromatic carbocycles. The van der Waals surface area contributed by atoms with Crippen molar-refractivity contribution < 1.29 is 0 Å². The first-order valence-corrected chi connectivity index (χ1v) is 9.09. The number of imidazole rings is 1. The van der Waals surface area contributed by atoms with Gasteiger partial charge >= 0.3 is 0 Å². The molecule has 142 valence electrons. The molecule has 0 spiro atoms. The average Bonchev–Trinajstić information content (AvgIpc) is 3.08. The third-order valence-corrected chi connectivity index (χ3v) is 4.89. The van der Waals surface area contributed by atoms with Crippen molar-refractivity contribution in [3.05, 3.63) is 76.4 Å². The Morgan fingerprint density at radius 3 is 2.62 bits per heavy atom. The molecule has 0 amide bonds. The lowest BCUT2D eigenvalue weighted by atomic mass is 10.1. The number of hydrogen-bond donors (Lipinski definition) is 3. The quantitative estimate of drug-likeness (QED) is 0.238. The summed E-state index contributed by atoms with van der Waals surface area (Å²) in [6, 6.07) is 14.3. The van der Waals surface area contributed by atoms with Crippen LogP contribution >= 0.6 is 11.6 Å². The van der Waals surface area contributed by atoms with E-state index in [4.69, 9.17) is 27.7 Å². The Balaban J connectivity index is 1.98. The molecular weight excluding hydrogens is 390 g/mol. The first-order chi connectivity index (χ1) is 14.0. The van der Waals surface area contributed by atoms with Gasteiger partial charge in [0.25, 0.3) is 5.56 Å². The van der Waals surface area contributed by atoms with Gasteiger partial charge in [-0.1, -0.05) is 29.8 Å². The summed E-state index contributed by atoms with van der Waals surface area (Å²) in [5.74, 6) is -0.182. The number of fused-ring (bicyclic) bond motifs is 5. The standard InChI is InChI=1S/C20H14ClN7O/c21-15-7-6-12(9-24-15)28-18-17(13-3-1-2-4-14(13)19(28)29)26-16-8-5-11(10-27(16)18)25-20(22)23/h1-10H,(H4,22,23,25). The number of halogens is 1. The molecule has 4 heterocycles. The van der Waals surface area contributed by atoms with Crippen LogP contribution in [0.15, 0.2) is 65.7 Å². The van der Waals surface area contributed by atoms with Gasteiger partial charge in [0.05, 0.1) is 17.6 Å². The van der Waals surface area contributed by atoms with E-state index < -0.39 is 0 Å². The van der Waals surface area contributed by atoms with Crippen molar-refractivity contribution in [2.45, 2.75) is 0 Å². The van der Waals surface area contributed by atoms with Gasteiger partial charge in [0.15, 0.2) is 11.6 Å². The second-order valence-electron chi connectivity index (χ2n) is 6.49. The summed E-state index contributed by atoms with van der Waals surface area (Å²) in [6.07, 6.45) is 3.30. The molecule has 5 rings (SSSR count). The number of nitrogens with zero attached hydrogens (tertiary/aromatic N) is 4. The number of nitrogens with one attached hydrogen (secondary N) is 2. The third-order valence-electron chi connectivity index (χ3n) is 4.67. The van der Waals surface area contributed by atoms with E-state index in [2.05, 4.69) is 10.3 Å². The highest BCUT2D eigenvalue weighted by Crippen LogP contribution is 2.27. The Bertz CT molecular complexity index is 1480. The van der Waals surface area contributed by atoms with E-state index in [1.165, 1.54) is 0 Å². The zero-order valence-corrected chi connectivity index (χ0v) is 15.7. The second-order valence-corrected chi connectivity index (χ2v) is 6.88. The Morgan fingerprint density at radius 1 is 1.10 bits per heavy atom. The summed E-state index contributed by atoms with van der Waals surface area (Å²) in [5.41, 5.74) is 8.36. The number of hydrogen-bond acceptors (Lipinski definition) is 4. The fourth-order valence-corrected chi connectivity index (χ4v) is 3.60. The zero-order chi connectivity index (χ0) is 20.1. The minimum absolute atomic E-state index is 0.182. The Labute approximate surface area is 168 Å². The molecular formula is C20H14ClN7O. The predicted molar refractivity (Wildman–Crippen MR) is 114 cm³/mol. The van der Waals surface area contributed by atoms with Gasteiger partial charge in [-0.15, -0.1) is 0 Å². The third kappa shape index (κ3) is 2.69. The molecule has 0 aliphatic rings. The number of aromatic nitrogens is 4. The maximum Gasteiger partial charge on any atom is 0.264 e.